The highest BCUT2D eigenvalue weighted by molar-refractivity contribution is 6.31. The van der Waals surface area contributed by atoms with Crippen LogP contribution in [0.1, 0.15) is 12.0 Å². The van der Waals surface area contributed by atoms with Gasteiger partial charge in [-0.2, -0.15) is 4.98 Å². The third-order valence-corrected chi connectivity index (χ3v) is 7.22. The molecule has 0 aliphatic carbocycles. The van der Waals surface area contributed by atoms with Gasteiger partial charge >= 0.3 is 0 Å². The van der Waals surface area contributed by atoms with Crippen LogP contribution >= 0.6 is 11.6 Å². The molecule has 11 heteroatoms. The van der Waals surface area contributed by atoms with E-state index in [0.717, 1.165) is 37.4 Å². The van der Waals surface area contributed by atoms with E-state index in [2.05, 4.69) is 43.5 Å². The van der Waals surface area contributed by atoms with Gasteiger partial charge in [-0.05, 0) is 36.9 Å². The largest absolute Gasteiger partial charge is 0.494 e. The molecule has 10 nitrogen and oxygen atoms in total. The van der Waals surface area contributed by atoms with Crippen LogP contribution < -0.4 is 25.0 Å². The number of benzene rings is 3. The van der Waals surface area contributed by atoms with Crippen molar-refractivity contribution in [3.63, 3.8) is 0 Å². The topological polar surface area (TPSA) is 101 Å². The van der Waals surface area contributed by atoms with Crippen LogP contribution in [-0.4, -0.2) is 67.7 Å². The summed E-state index contributed by atoms with van der Waals surface area (Å²) in [5.41, 5.74) is 3.34. The number of hydrogen-bond acceptors (Lipinski definition) is 9. The van der Waals surface area contributed by atoms with Crippen molar-refractivity contribution >= 4 is 40.5 Å². The molecule has 43 heavy (non-hydrogen) atoms. The molecule has 1 aliphatic rings. The molecule has 224 valence electrons. The minimum absolute atomic E-state index is 0.139. The molecule has 1 aromatic heterocycles. The third kappa shape index (κ3) is 8.35. The lowest BCUT2D eigenvalue weighted by Gasteiger charge is -2.34. The van der Waals surface area contributed by atoms with Crippen molar-refractivity contribution in [1.29, 1.82) is 0 Å². The van der Waals surface area contributed by atoms with Gasteiger partial charge in [0.05, 0.1) is 44.3 Å². The molecule has 1 amide bonds. The van der Waals surface area contributed by atoms with Gasteiger partial charge in [-0.3, -0.25) is 4.79 Å². The number of rotatable bonds is 12. The number of hydrogen-bond donors (Lipinski definition) is 2. The van der Waals surface area contributed by atoms with Gasteiger partial charge in [-0.25, -0.2) is 4.98 Å². The lowest BCUT2D eigenvalue weighted by molar-refractivity contribution is -0.117. The first-order chi connectivity index (χ1) is 21.0. The summed E-state index contributed by atoms with van der Waals surface area (Å²) < 4.78 is 17.4. The van der Waals surface area contributed by atoms with Gasteiger partial charge in [-0.1, -0.05) is 54.1 Å². The van der Waals surface area contributed by atoms with E-state index in [9.17, 15) is 4.79 Å². The van der Waals surface area contributed by atoms with E-state index in [-0.39, 0.29) is 35.8 Å². The Balaban J connectivity index is 1.22. The number of likely N-dealkylation sites (N-methyl/N-ethyl adjacent to an activating group) is 1. The number of ether oxygens (including phenoxy) is 3. The molecule has 1 fully saturated rings. The van der Waals surface area contributed by atoms with Crippen molar-refractivity contribution < 1.29 is 19.0 Å². The fourth-order valence-corrected chi connectivity index (χ4v) is 4.68. The van der Waals surface area contributed by atoms with Crippen LogP contribution in [0, 0.1) is 0 Å². The molecule has 4 aromatic rings. The molecule has 0 unspecified atom stereocenters. The Morgan fingerprint density at radius 3 is 2.51 bits per heavy atom. The second-order valence-corrected chi connectivity index (χ2v) is 10.5. The van der Waals surface area contributed by atoms with Crippen LogP contribution in [-0.2, 0) is 16.1 Å². The Morgan fingerprint density at radius 1 is 0.953 bits per heavy atom. The van der Waals surface area contributed by atoms with Crippen molar-refractivity contribution in [2.24, 2.45) is 0 Å². The van der Waals surface area contributed by atoms with Crippen LogP contribution in [0.4, 0.5) is 23.0 Å². The van der Waals surface area contributed by atoms with Gasteiger partial charge < -0.3 is 34.6 Å². The summed E-state index contributed by atoms with van der Waals surface area (Å²) in [7, 11) is 3.76. The van der Waals surface area contributed by atoms with Gasteiger partial charge in [-0.15, -0.1) is 0 Å². The molecular formula is C32H35ClN6O4. The molecule has 0 spiro atoms. The minimum atomic E-state index is -0.202. The van der Waals surface area contributed by atoms with Gasteiger partial charge in [0.2, 0.25) is 17.7 Å². The van der Waals surface area contributed by atoms with Crippen LogP contribution in [0.3, 0.4) is 0 Å². The zero-order valence-electron chi connectivity index (χ0n) is 24.3. The molecule has 0 atom stereocenters. The first-order valence-electron chi connectivity index (χ1n) is 14.1. The zero-order valence-corrected chi connectivity index (χ0v) is 25.0. The maximum Gasteiger partial charge on any atom is 0.243 e. The van der Waals surface area contributed by atoms with E-state index >= 15 is 0 Å². The van der Waals surface area contributed by atoms with Crippen molar-refractivity contribution in [3.05, 3.63) is 89.6 Å². The summed E-state index contributed by atoms with van der Waals surface area (Å²) in [6.07, 6.45) is 1.65. The number of carbonyl (C=O) groups excluding carboxylic acids is 1. The van der Waals surface area contributed by atoms with Gasteiger partial charge in [0.15, 0.2) is 5.75 Å². The van der Waals surface area contributed by atoms with E-state index < -0.39 is 0 Å². The molecule has 1 aliphatic heterocycles. The minimum Gasteiger partial charge on any atom is -0.494 e. The molecule has 1 saturated heterocycles. The number of methoxy groups -OCH3 is 1. The van der Waals surface area contributed by atoms with E-state index in [1.54, 1.807) is 31.4 Å². The number of aromatic nitrogens is 2. The molecule has 3 aromatic carbocycles. The van der Waals surface area contributed by atoms with Crippen molar-refractivity contribution in [3.8, 4) is 17.4 Å². The van der Waals surface area contributed by atoms with Crippen LogP contribution in [0.2, 0.25) is 5.02 Å². The average molecular weight is 603 g/mol. The smallest absolute Gasteiger partial charge is 0.243 e. The van der Waals surface area contributed by atoms with Crippen molar-refractivity contribution in [1.82, 2.24) is 14.9 Å². The number of halogens is 1. The Hall–Kier alpha value is -4.38. The second kappa shape index (κ2) is 14.7. The SMILES string of the molecule is COc1cc(N2CCN(C)CC2)ccc1Nc1ncc(Cl)c(Oc2ccccc2NC(=O)CCOCc2ccccc2)n1. The van der Waals surface area contributed by atoms with E-state index in [1.165, 1.54) is 6.20 Å². The van der Waals surface area contributed by atoms with Crippen molar-refractivity contribution in [2.45, 2.75) is 13.0 Å². The summed E-state index contributed by atoms with van der Waals surface area (Å²) in [5.74, 6) is 1.27. The number of nitrogens with one attached hydrogen (secondary N) is 2. The highest BCUT2D eigenvalue weighted by atomic mass is 35.5. The zero-order chi connectivity index (χ0) is 30.0. The summed E-state index contributed by atoms with van der Waals surface area (Å²) in [6, 6.07) is 22.9. The maximum atomic E-state index is 12.6. The fourth-order valence-electron chi connectivity index (χ4n) is 4.55. The molecular weight excluding hydrogens is 568 g/mol. The summed E-state index contributed by atoms with van der Waals surface area (Å²) in [5, 5.41) is 6.31. The Bertz CT molecular complexity index is 1520. The van der Waals surface area contributed by atoms with Crippen molar-refractivity contribution in [2.75, 3.05) is 62.5 Å². The number of anilines is 4. The lowest BCUT2D eigenvalue weighted by atomic mass is 10.2. The third-order valence-electron chi connectivity index (χ3n) is 6.96. The number of piperazine rings is 1. The van der Waals surface area contributed by atoms with Crippen LogP contribution in [0.5, 0.6) is 17.4 Å². The van der Waals surface area contributed by atoms with Crippen LogP contribution in [0.25, 0.3) is 0 Å². The lowest BCUT2D eigenvalue weighted by Crippen LogP contribution is -2.44. The second-order valence-electron chi connectivity index (χ2n) is 10.1. The summed E-state index contributed by atoms with van der Waals surface area (Å²) in [6.45, 7) is 4.67. The predicted octanol–water partition coefficient (Wildman–Crippen LogP) is 5.97. The normalized spacial score (nSPS) is 13.4. The van der Waals surface area contributed by atoms with Gasteiger partial charge in [0, 0.05) is 37.9 Å². The monoisotopic (exact) mass is 602 g/mol. The molecule has 0 bridgehead atoms. The first-order valence-corrected chi connectivity index (χ1v) is 14.5. The van der Waals surface area contributed by atoms with E-state index in [1.807, 2.05) is 42.5 Å². The van der Waals surface area contributed by atoms with E-state index in [4.69, 9.17) is 25.8 Å². The maximum absolute atomic E-state index is 12.6. The molecule has 0 saturated carbocycles. The fraction of sp³-hybridized carbons (Fsp3) is 0.281. The first kappa shape index (κ1) is 30.1. The number of amides is 1. The number of para-hydroxylation sites is 2. The highest BCUT2D eigenvalue weighted by Crippen LogP contribution is 2.35. The quantitative estimate of drug-likeness (QED) is 0.190. The Morgan fingerprint density at radius 2 is 1.72 bits per heavy atom. The van der Waals surface area contributed by atoms with Gasteiger partial charge in [0.25, 0.3) is 0 Å². The standard InChI is InChI=1S/C32H35ClN6O4/c1-38-15-17-39(18-16-38)24-12-13-27(29(20-24)41-2)36-32-34-21-25(33)31(37-32)43-28-11-7-6-10-26(28)35-30(40)14-19-42-22-23-8-4-3-5-9-23/h3-13,20-21H,14-19,22H2,1-2H3,(H,35,40)(H,34,36,37). The number of nitrogens with zero attached hydrogens (tertiary/aromatic N) is 4. The molecule has 5 rings (SSSR count). The summed E-state index contributed by atoms with van der Waals surface area (Å²) in [4.78, 5) is 26.1. The number of carbonyl (C=O) groups is 1. The molecule has 2 N–H and O–H groups in total. The summed E-state index contributed by atoms with van der Waals surface area (Å²) >= 11 is 6.40. The molecule has 0 radical (unpaired) electrons. The van der Waals surface area contributed by atoms with Crippen LogP contribution in [0.15, 0.2) is 79.0 Å². The van der Waals surface area contributed by atoms with E-state index in [0.29, 0.717) is 29.5 Å². The average Bonchev–Trinajstić information content (AvgIpc) is 3.03. The Kier molecular flexibility index (Phi) is 10.3. The molecule has 2 heterocycles. The Labute approximate surface area is 256 Å². The predicted molar refractivity (Wildman–Crippen MR) is 169 cm³/mol. The highest BCUT2D eigenvalue weighted by Gasteiger charge is 2.17. The van der Waals surface area contributed by atoms with Gasteiger partial charge in [0.1, 0.15) is 10.8 Å².